The molecule has 0 radical (unpaired) electrons. The summed E-state index contributed by atoms with van der Waals surface area (Å²) in [6.07, 6.45) is 2.18. The second-order valence-corrected chi connectivity index (χ2v) is 4.16. The van der Waals surface area contributed by atoms with Crippen LogP contribution in [0.2, 0.25) is 0 Å². The van der Waals surface area contributed by atoms with Gasteiger partial charge in [0.05, 0.1) is 6.10 Å². The van der Waals surface area contributed by atoms with Crippen molar-refractivity contribution in [2.75, 3.05) is 6.61 Å². The van der Waals surface area contributed by atoms with E-state index in [4.69, 9.17) is 10.5 Å². The van der Waals surface area contributed by atoms with Crippen molar-refractivity contribution in [2.24, 2.45) is 5.73 Å². The minimum Gasteiger partial charge on any atom is -0.377 e. The second kappa shape index (κ2) is 4.89. The van der Waals surface area contributed by atoms with Gasteiger partial charge in [-0.05, 0) is 43.0 Å². The highest BCUT2D eigenvalue weighted by Crippen LogP contribution is 2.19. The zero-order valence-corrected chi connectivity index (χ0v) is 8.96. The van der Waals surface area contributed by atoms with Crippen LogP contribution in [0, 0.1) is 11.6 Å². The molecule has 0 aliphatic carbocycles. The van der Waals surface area contributed by atoms with E-state index in [0.717, 1.165) is 25.0 Å². The van der Waals surface area contributed by atoms with Crippen molar-refractivity contribution >= 4 is 0 Å². The van der Waals surface area contributed by atoms with Crippen LogP contribution in [-0.4, -0.2) is 18.8 Å². The second-order valence-electron chi connectivity index (χ2n) is 4.16. The third kappa shape index (κ3) is 2.57. The van der Waals surface area contributed by atoms with E-state index >= 15 is 0 Å². The molecule has 2 rings (SSSR count). The lowest BCUT2D eigenvalue weighted by Crippen LogP contribution is -2.36. The molecule has 0 bridgehead atoms. The fourth-order valence-electron chi connectivity index (χ4n) is 2.03. The number of halogens is 2. The van der Waals surface area contributed by atoms with Crippen molar-refractivity contribution in [3.63, 3.8) is 0 Å². The topological polar surface area (TPSA) is 35.2 Å². The molecule has 1 fully saturated rings. The minimum atomic E-state index is -0.434. The van der Waals surface area contributed by atoms with Crippen LogP contribution in [0.5, 0.6) is 0 Å². The van der Waals surface area contributed by atoms with Gasteiger partial charge in [-0.1, -0.05) is 0 Å². The Hall–Kier alpha value is -1.00. The van der Waals surface area contributed by atoms with Crippen LogP contribution >= 0.6 is 0 Å². The molecule has 2 unspecified atom stereocenters. The van der Waals surface area contributed by atoms with Gasteiger partial charge in [-0.15, -0.1) is 0 Å². The van der Waals surface area contributed by atoms with Gasteiger partial charge in [0.25, 0.3) is 0 Å². The quantitative estimate of drug-likeness (QED) is 0.857. The predicted octanol–water partition coefficient (Wildman–Crippen LogP) is 2.01. The zero-order valence-electron chi connectivity index (χ0n) is 8.96. The van der Waals surface area contributed by atoms with E-state index in [2.05, 4.69) is 0 Å². The lowest BCUT2D eigenvalue weighted by Gasteiger charge is -2.18. The maximum Gasteiger partial charge on any atom is 0.126 e. The highest BCUT2D eigenvalue weighted by molar-refractivity contribution is 5.20. The predicted molar refractivity (Wildman–Crippen MR) is 57.0 cm³/mol. The third-order valence-corrected chi connectivity index (χ3v) is 2.91. The van der Waals surface area contributed by atoms with Crippen molar-refractivity contribution in [3.05, 3.63) is 35.4 Å². The smallest absolute Gasteiger partial charge is 0.126 e. The summed E-state index contributed by atoms with van der Waals surface area (Å²) < 4.78 is 31.7. The van der Waals surface area contributed by atoms with E-state index in [1.165, 1.54) is 6.07 Å². The van der Waals surface area contributed by atoms with Gasteiger partial charge in [0.2, 0.25) is 0 Å². The molecular formula is C12H15F2NO. The molecule has 0 spiro atoms. The van der Waals surface area contributed by atoms with Gasteiger partial charge in [0.15, 0.2) is 0 Å². The lowest BCUT2D eigenvalue weighted by molar-refractivity contribution is 0.0898. The number of benzene rings is 1. The summed E-state index contributed by atoms with van der Waals surface area (Å²) in [5, 5.41) is 0. The molecule has 0 saturated carbocycles. The van der Waals surface area contributed by atoms with Crippen molar-refractivity contribution in [2.45, 2.75) is 31.4 Å². The van der Waals surface area contributed by atoms with Crippen LogP contribution in [0.1, 0.15) is 18.4 Å². The molecule has 2 atom stereocenters. The third-order valence-electron chi connectivity index (χ3n) is 2.91. The molecule has 1 aromatic carbocycles. The first-order chi connectivity index (χ1) is 7.66. The normalized spacial score (nSPS) is 22.3. The summed E-state index contributed by atoms with van der Waals surface area (Å²) in [5.41, 5.74) is 6.24. The van der Waals surface area contributed by atoms with Crippen LogP contribution in [0.15, 0.2) is 18.2 Å². The van der Waals surface area contributed by atoms with Gasteiger partial charge in [-0.3, -0.25) is 0 Å². The number of hydrogen-bond acceptors (Lipinski definition) is 2. The molecule has 16 heavy (non-hydrogen) atoms. The number of rotatable bonds is 3. The number of ether oxygens (including phenoxy) is 1. The van der Waals surface area contributed by atoms with E-state index in [0.29, 0.717) is 18.6 Å². The first-order valence-electron chi connectivity index (χ1n) is 5.48. The molecule has 1 heterocycles. The monoisotopic (exact) mass is 227 g/mol. The van der Waals surface area contributed by atoms with Gasteiger partial charge in [-0.2, -0.15) is 0 Å². The summed E-state index contributed by atoms with van der Waals surface area (Å²) in [5.74, 6) is -0.842. The Labute approximate surface area is 93.4 Å². The zero-order chi connectivity index (χ0) is 11.5. The molecular weight excluding hydrogens is 212 g/mol. The molecule has 2 nitrogen and oxygen atoms in total. The Balaban J connectivity index is 2.04. The Morgan fingerprint density at radius 3 is 2.94 bits per heavy atom. The van der Waals surface area contributed by atoms with E-state index in [1.807, 2.05) is 0 Å². The molecule has 1 aliphatic rings. The molecule has 0 amide bonds. The number of nitrogens with two attached hydrogens (primary N) is 1. The van der Waals surface area contributed by atoms with Crippen LogP contribution in [-0.2, 0) is 11.2 Å². The average molecular weight is 227 g/mol. The van der Waals surface area contributed by atoms with Crippen molar-refractivity contribution in [1.82, 2.24) is 0 Å². The summed E-state index contributed by atoms with van der Waals surface area (Å²) in [7, 11) is 0. The van der Waals surface area contributed by atoms with Crippen molar-refractivity contribution < 1.29 is 13.5 Å². The molecule has 0 aromatic heterocycles. The van der Waals surface area contributed by atoms with Crippen molar-refractivity contribution in [1.29, 1.82) is 0 Å². The summed E-state index contributed by atoms with van der Waals surface area (Å²) in [4.78, 5) is 0. The molecule has 2 N–H and O–H groups in total. The molecule has 1 aliphatic heterocycles. The largest absolute Gasteiger partial charge is 0.377 e. The lowest BCUT2D eigenvalue weighted by atomic mass is 10.00. The van der Waals surface area contributed by atoms with Gasteiger partial charge >= 0.3 is 0 Å². The average Bonchev–Trinajstić information content (AvgIpc) is 2.76. The fraction of sp³-hybridized carbons (Fsp3) is 0.500. The van der Waals surface area contributed by atoms with Crippen LogP contribution in [0.25, 0.3) is 0 Å². The molecule has 1 saturated heterocycles. The number of hydrogen-bond donors (Lipinski definition) is 1. The SMILES string of the molecule is NC(Cc1cc(F)ccc1F)C1CCCO1. The fourth-order valence-corrected chi connectivity index (χ4v) is 2.03. The molecule has 1 aromatic rings. The van der Waals surface area contributed by atoms with Gasteiger partial charge in [-0.25, -0.2) is 8.78 Å². The molecule has 4 heteroatoms. The Morgan fingerprint density at radius 2 is 2.25 bits per heavy atom. The summed E-state index contributed by atoms with van der Waals surface area (Å²) in [6, 6.07) is 3.17. The summed E-state index contributed by atoms with van der Waals surface area (Å²) in [6.45, 7) is 0.712. The van der Waals surface area contributed by atoms with Gasteiger partial charge in [0, 0.05) is 12.6 Å². The van der Waals surface area contributed by atoms with Crippen LogP contribution < -0.4 is 5.73 Å². The first kappa shape index (κ1) is 11.5. The Morgan fingerprint density at radius 1 is 1.44 bits per heavy atom. The van der Waals surface area contributed by atoms with E-state index in [-0.39, 0.29) is 12.1 Å². The van der Waals surface area contributed by atoms with Crippen LogP contribution in [0.3, 0.4) is 0 Å². The molecule has 88 valence electrons. The Bertz CT molecular complexity index is 364. The van der Waals surface area contributed by atoms with Crippen molar-refractivity contribution in [3.8, 4) is 0 Å². The highest BCUT2D eigenvalue weighted by atomic mass is 19.1. The Kier molecular flexibility index (Phi) is 3.51. The maximum atomic E-state index is 13.4. The van der Waals surface area contributed by atoms with E-state index in [1.54, 1.807) is 0 Å². The maximum absolute atomic E-state index is 13.4. The minimum absolute atomic E-state index is 0.0253. The van der Waals surface area contributed by atoms with E-state index in [9.17, 15) is 8.78 Å². The van der Waals surface area contributed by atoms with Gasteiger partial charge < -0.3 is 10.5 Å². The first-order valence-corrected chi connectivity index (χ1v) is 5.48. The summed E-state index contributed by atoms with van der Waals surface area (Å²) >= 11 is 0. The van der Waals surface area contributed by atoms with Crippen LogP contribution in [0.4, 0.5) is 8.78 Å². The van der Waals surface area contributed by atoms with Gasteiger partial charge in [0.1, 0.15) is 11.6 Å². The highest BCUT2D eigenvalue weighted by Gasteiger charge is 2.23. The van der Waals surface area contributed by atoms with E-state index < -0.39 is 11.6 Å². The standard InChI is InChI=1S/C12H15F2NO/c13-9-3-4-10(14)8(6-9)7-11(15)12-2-1-5-16-12/h3-4,6,11-12H,1-2,5,7,15H2.